The molecule has 0 unspecified atom stereocenters. The largest absolute Gasteiger partial charge is 0.497 e. The minimum atomic E-state index is -3.98. The SMILES string of the molecule is COc1ccc(S(=O)(=O)N[C@@H](CCC(=O)NN)C(=O)NN)cc1. The summed E-state index contributed by atoms with van der Waals surface area (Å²) in [5.41, 5.74) is 3.74. The van der Waals surface area contributed by atoms with Gasteiger partial charge in [-0.15, -0.1) is 0 Å². The van der Waals surface area contributed by atoms with Gasteiger partial charge in [0, 0.05) is 6.42 Å². The molecule has 0 fully saturated rings. The summed E-state index contributed by atoms with van der Waals surface area (Å²) >= 11 is 0. The highest BCUT2D eigenvalue weighted by Gasteiger charge is 2.25. The van der Waals surface area contributed by atoms with Crippen molar-refractivity contribution < 1.29 is 22.7 Å². The predicted octanol–water partition coefficient (Wildman–Crippen LogP) is -1.90. The molecule has 0 radical (unpaired) electrons. The highest BCUT2D eigenvalue weighted by Crippen LogP contribution is 2.16. The van der Waals surface area contributed by atoms with Crippen molar-refractivity contribution >= 4 is 21.8 Å². The van der Waals surface area contributed by atoms with Gasteiger partial charge in [0.25, 0.3) is 5.91 Å². The quantitative estimate of drug-likeness (QED) is 0.208. The molecule has 0 bridgehead atoms. The molecule has 128 valence electrons. The Kier molecular flexibility index (Phi) is 6.90. The first-order valence-corrected chi connectivity index (χ1v) is 7.98. The summed E-state index contributed by atoms with van der Waals surface area (Å²) in [6.07, 6.45) is -0.263. The topological polar surface area (TPSA) is 166 Å². The van der Waals surface area contributed by atoms with Gasteiger partial charge in [0.05, 0.1) is 12.0 Å². The second-order valence-electron chi connectivity index (χ2n) is 4.46. The van der Waals surface area contributed by atoms with E-state index in [4.69, 9.17) is 16.4 Å². The van der Waals surface area contributed by atoms with Gasteiger partial charge in [0.15, 0.2) is 0 Å². The molecule has 0 spiro atoms. The number of hydrogen-bond donors (Lipinski definition) is 5. The molecule has 1 atom stereocenters. The molecule has 0 saturated heterocycles. The van der Waals surface area contributed by atoms with Crippen molar-refractivity contribution in [2.75, 3.05) is 7.11 Å². The predicted molar refractivity (Wildman–Crippen MR) is 81.0 cm³/mol. The Bertz CT molecular complexity index is 646. The summed E-state index contributed by atoms with van der Waals surface area (Å²) in [6.45, 7) is 0. The van der Waals surface area contributed by atoms with E-state index in [0.717, 1.165) is 0 Å². The van der Waals surface area contributed by atoms with Crippen molar-refractivity contribution in [2.24, 2.45) is 11.7 Å². The summed E-state index contributed by atoms with van der Waals surface area (Å²) in [5, 5.41) is 0. The van der Waals surface area contributed by atoms with Gasteiger partial charge in [-0.05, 0) is 30.7 Å². The first-order chi connectivity index (χ1) is 10.8. The molecule has 11 heteroatoms. The number of carbonyl (C=O) groups excluding carboxylic acids is 2. The molecule has 0 aliphatic heterocycles. The maximum Gasteiger partial charge on any atom is 0.252 e. The van der Waals surface area contributed by atoms with Gasteiger partial charge in [-0.25, -0.2) is 20.1 Å². The molecule has 7 N–H and O–H groups in total. The number of benzene rings is 1. The molecule has 10 nitrogen and oxygen atoms in total. The van der Waals surface area contributed by atoms with Crippen LogP contribution in [0.15, 0.2) is 29.2 Å². The van der Waals surface area contributed by atoms with Crippen molar-refractivity contribution in [1.29, 1.82) is 0 Å². The maximum absolute atomic E-state index is 12.3. The second-order valence-corrected chi connectivity index (χ2v) is 6.18. The summed E-state index contributed by atoms with van der Waals surface area (Å²) in [5.74, 6) is 9.14. The van der Waals surface area contributed by atoms with E-state index in [1.165, 1.54) is 31.4 Å². The molecule has 2 amide bonds. The van der Waals surface area contributed by atoms with Crippen LogP contribution in [0.4, 0.5) is 0 Å². The molecule has 0 saturated carbocycles. The monoisotopic (exact) mass is 345 g/mol. The lowest BCUT2D eigenvalue weighted by molar-refractivity contribution is -0.123. The number of rotatable bonds is 8. The Morgan fingerprint density at radius 1 is 1.17 bits per heavy atom. The van der Waals surface area contributed by atoms with Crippen LogP contribution in [-0.4, -0.2) is 33.4 Å². The lowest BCUT2D eigenvalue weighted by atomic mass is 10.1. The normalized spacial score (nSPS) is 12.3. The molecule has 0 aliphatic carbocycles. The van der Waals surface area contributed by atoms with E-state index in [2.05, 4.69) is 4.72 Å². The second kappa shape index (κ2) is 8.43. The number of hydrogen-bond acceptors (Lipinski definition) is 7. The zero-order valence-electron chi connectivity index (χ0n) is 12.4. The Morgan fingerprint density at radius 2 is 1.78 bits per heavy atom. The number of nitrogens with one attached hydrogen (secondary N) is 3. The zero-order valence-corrected chi connectivity index (χ0v) is 13.2. The first kappa shape index (κ1) is 18.8. The smallest absolute Gasteiger partial charge is 0.252 e. The maximum atomic E-state index is 12.3. The Balaban J connectivity index is 2.90. The molecule has 0 aromatic heterocycles. The average molecular weight is 345 g/mol. The third-order valence-electron chi connectivity index (χ3n) is 2.95. The van der Waals surface area contributed by atoms with E-state index >= 15 is 0 Å². The Hall–Kier alpha value is -2.21. The van der Waals surface area contributed by atoms with E-state index in [-0.39, 0.29) is 17.7 Å². The fraction of sp³-hybridized carbons (Fsp3) is 0.333. The molecule has 1 aromatic carbocycles. The Morgan fingerprint density at radius 3 is 2.26 bits per heavy atom. The standard InChI is InChI=1S/C12H19N5O5S/c1-22-8-2-4-9(5-3-8)23(20,21)17-10(12(19)16-14)6-7-11(18)15-13/h2-5,10,17H,6-7,13-14H2,1H3,(H,15,18)(H,16,19)/t10-/m0/s1. The van der Waals surface area contributed by atoms with Crippen LogP contribution >= 0.6 is 0 Å². The van der Waals surface area contributed by atoms with Gasteiger partial charge in [-0.1, -0.05) is 0 Å². The van der Waals surface area contributed by atoms with E-state index < -0.39 is 27.9 Å². The number of amides is 2. The van der Waals surface area contributed by atoms with Crippen molar-refractivity contribution in [3.63, 3.8) is 0 Å². The van der Waals surface area contributed by atoms with Gasteiger partial charge < -0.3 is 4.74 Å². The number of hydrazine groups is 2. The van der Waals surface area contributed by atoms with E-state index in [0.29, 0.717) is 5.75 Å². The Labute approximate surface area is 133 Å². The van der Waals surface area contributed by atoms with Crippen LogP contribution in [0.25, 0.3) is 0 Å². The van der Waals surface area contributed by atoms with Crippen molar-refractivity contribution in [1.82, 2.24) is 15.6 Å². The molecular weight excluding hydrogens is 326 g/mol. The molecular formula is C12H19N5O5S. The number of ether oxygens (including phenoxy) is 1. The lowest BCUT2D eigenvalue weighted by Crippen LogP contribution is -2.49. The average Bonchev–Trinajstić information content (AvgIpc) is 2.57. The fourth-order valence-corrected chi connectivity index (χ4v) is 2.93. The van der Waals surface area contributed by atoms with Crippen molar-refractivity contribution in [3.05, 3.63) is 24.3 Å². The molecule has 0 aliphatic rings. The molecule has 1 aromatic rings. The van der Waals surface area contributed by atoms with Crippen LogP contribution < -0.4 is 32.0 Å². The minimum Gasteiger partial charge on any atom is -0.497 e. The van der Waals surface area contributed by atoms with Gasteiger partial charge in [-0.2, -0.15) is 4.72 Å². The number of carbonyl (C=O) groups is 2. The third-order valence-corrected chi connectivity index (χ3v) is 4.43. The lowest BCUT2D eigenvalue weighted by Gasteiger charge is -2.17. The third kappa shape index (κ3) is 5.49. The molecule has 1 rings (SSSR count). The zero-order chi connectivity index (χ0) is 17.5. The van der Waals surface area contributed by atoms with E-state index in [9.17, 15) is 18.0 Å². The van der Waals surface area contributed by atoms with Crippen LogP contribution in [0, 0.1) is 0 Å². The van der Waals surface area contributed by atoms with Crippen molar-refractivity contribution in [3.8, 4) is 5.75 Å². The van der Waals surface area contributed by atoms with Crippen LogP contribution in [0.5, 0.6) is 5.75 Å². The molecule has 0 heterocycles. The number of methoxy groups -OCH3 is 1. The van der Waals surface area contributed by atoms with Gasteiger partial charge >= 0.3 is 0 Å². The van der Waals surface area contributed by atoms with Crippen LogP contribution in [0.3, 0.4) is 0 Å². The van der Waals surface area contributed by atoms with Crippen LogP contribution in [0.1, 0.15) is 12.8 Å². The number of sulfonamides is 1. The summed E-state index contributed by atoms with van der Waals surface area (Å²) in [7, 11) is -2.53. The first-order valence-electron chi connectivity index (χ1n) is 6.50. The van der Waals surface area contributed by atoms with Gasteiger partial charge in [-0.3, -0.25) is 20.4 Å². The van der Waals surface area contributed by atoms with Crippen LogP contribution in [0.2, 0.25) is 0 Å². The van der Waals surface area contributed by atoms with Gasteiger partial charge in [0.1, 0.15) is 11.8 Å². The van der Waals surface area contributed by atoms with E-state index in [1.807, 2.05) is 10.9 Å². The summed E-state index contributed by atoms with van der Waals surface area (Å²) in [4.78, 5) is 22.8. The highest BCUT2D eigenvalue weighted by atomic mass is 32.2. The van der Waals surface area contributed by atoms with Gasteiger partial charge in [0.2, 0.25) is 15.9 Å². The fourth-order valence-electron chi connectivity index (χ4n) is 1.70. The van der Waals surface area contributed by atoms with E-state index in [1.54, 1.807) is 0 Å². The minimum absolute atomic E-state index is 0.0589. The summed E-state index contributed by atoms with van der Waals surface area (Å²) in [6, 6.07) is 4.36. The number of nitrogens with two attached hydrogens (primary N) is 2. The van der Waals surface area contributed by atoms with Crippen molar-refractivity contribution in [2.45, 2.75) is 23.8 Å². The molecule has 23 heavy (non-hydrogen) atoms. The highest BCUT2D eigenvalue weighted by molar-refractivity contribution is 7.89. The summed E-state index contributed by atoms with van der Waals surface area (Å²) < 4.78 is 31.7. The van der Waals surface area contributed by atoms with Crippen LogP contribution in [-0.2, 0) is 19.6 Å².